The molecule has 6 nitrogen and oxygen atoms in total. The van der Waals surface area contributed by atoms with Crippen molar-refractivity contribution in [1.29, 1.82) is 0 Å². The fraction of sp³-hybridized carbons (Fsp3) is 0.588. The first-order valence-electron chi connectivity index (χ1n) is 8.02. The van der Waals surface area contributed by atoms with E-state index < -0.39 is 23.1 Å². The summed E-state index contributed by atoms with van der Waals surface area (Å²) < 4.78 is 14.1. The van der Waals surface area contributed by atoms with Crippen LogP contribution in [0.4, 0.5) is 15.8 Å². The zero-order valence-corrected chi connectivity index (χ0v) is 14.1. The molecule has 2 N–H and O–H groups in total. The van der Waals surface area contributed by atoms with Gasteiger partial charge < -0.3 is 10.4 Å². The molecule has 0 aromatic heterocycles. The second kappa shape index (κ2) is 6.75. The van der Waals surface area contributed by atoms with Gasteiger partial charge in [-0.2, -0.15) is 0 Å². The number of halogens is 1. The molecule has 0 radical (unpaired) electrons. The van der Waals surface area contributed by atoms with Crippen molar-refractivity contribution in [3.63, 3.8) is 0 Å². The molecule has 0 heterocycles. The Kier molecular flexibility index (Phi) is 5.11. The van der Waals surface area contributed by atoms with Crippen LogP contribution in [0.15, 0.2) is 12.1 Å². The summed E-state index contributed by atoms with van der Waals surface area (Å²) in [6, 6.07) is 2.08. The molecule has 132 valence electrons. The largest absolute Gasteiger partial charge is 0.481 e. The highest BCUT2D eigenvalue weighted by Gasteiger charge is 2.33. The molecule has 7 heteroatoms. The van der Waals surface area contributed by atoms with Gasteiger partial charge in [0.05, 0.1) is 11.3 Å². The number of nitrogens with one attached hydrogen (secondary N) is 1. The quantitative estimate of drug-likeness (QED) is 0.625. The second-order valence-corrected chi connectivity index (χ2v) is 7.54. The van der Waals surface area contributed by atoms with E-state index in [0.29, 0.717) is 5.92 Å². The van der Waals surface area contributed by atoms with Crippen LogP contribution in [0.5, 0.6) is 0 Å². The van der Waals surface area contributed by atoms with E-state index in [0.717, 1.165) is 31.4 Å². The van der Waals surface area contributed by atoms with Crippen LogP contribution in [-0.4, -0.2) is 22.0 Å². The van der Waals surface area contributed by atoms with Gasteiger partial charge in [0.15, 0.2) is 0 Å². The molecule has 0 spiro atoms. The minimum absolute atomic E-state index is 0.0205. The lowest BCUT2D eigenvalue weighted by Gasteiger charge is -2.39. The molecule has 1 aromatic carbocycles. The van der Waals surface area contributed by atoms with Gasteiger partial charge in [-0.25, -0.2) is 4.39 Å². The number of nitro benzene ring substituents is 1. The van der Waals surface area contributed by atoms with E-state index in [1.165, 1.54) is 0 Å². The van der Waals surface area contributed by atoms with Crippen molar-refractivity contribution < 1.29 is 19.2 Å². The van der Waals surface area contributed by atoms with Crippen LogP contribution < -0.4 is 5.32 Å². The van der Waals surface area contributed by atoms with Crippen LogP contribution >= 0.6 is 0 Å². The summed E-state index contributed by atoms with van der Waals surface area (Å²) >= 11 is 0. The lowest BCUT2D eigenvalue weighted by molar-refractivity contribution is -0.384. The van der Waals surface area contributed by atoms with E-state index in [-0.39, 0.29) is 28.4 Å². The SMILES string of the molecule is C[C@H]1C[C@@H](Nc2cc(F)c(CC(=O)O)cc2[N+](=O)[O-])CC(C)(C)C1. The van der Waals surface area contributed by atoms with E-state index >= 15 is 0 Å². The zero-order chi connectivity index (χ0) is 18.1. The first-order valence-corrected chi connectivity index (χ1v) is 8.02. The summed E-state index contributed by atoms with van der Waals surface area (Å²) in [7, 11) is 0. The third-order valence-corrected chi connectivity index (χ3v) is 4.45. The number of carbonyl (C=O) groups is 1. The number of carboxylic acids is 1. The third-order valence-electron chi connectivity index (χ3n) is 4.45. The van der Waals surface area contributed by atoms with Crippen LogP contribution in [0.2, 0.25) is 0 Å². The van der Waals surface area contributed by atoms with Gasteiger partial charge in [-0.3, -0.25) is 14.9 Å². The molecule has 1 fully saturated rings. The molecule has 1 aromatic rings. The average molecular weight is 338 g/mol. The molecule has 0 unspecified atom stereocenters. The Morgan fingerprint density at radius 3 is 2.67 bits per heavy atom. The predicted molar refractivity (Wildman–Crippen MR) is 88.6 cm³/mol. The van der Waals surface area contributed by atoms with E-state index in [2.05, 4.69) is 26.1 Å². The van der Waals surface area contributed by atoms with Crippen LogP contribution in [0.1, 0.15) is 45.6 Å². The highest BCUT2D eigenvalue weighted by atomic mass is 19.1. The Balaban J connectivity index is 2.30. The Labute approximate surface area is 140 Å². The fourth-order valence-corrected chi connectivity index (χ4v) is 3.85. The smallest absolute Gasteiger partial charge is 0.307 e. The molecular formula is C17H23FN2O4. The number of aliphatic carboxylic acids is 1. The van der Waals surface area contributed by atoms with Crippen molar-refractivity contribution in [1.82, 2.24) is 0 Å². The third kappa shape index (κ3) is 4.43. The molecule has 2 atom stereocenters. The van der Waals surface area contributed by atoms with Gasteiger partial charge in [0, 0.05) is 23.7 Å². The van der Waals surface area contributed by atoms with Crippen LogP contribution in [-0.2, 0) is 11.2 Å². The number of benzene rings is 1. The number of anilines is 1. The number of hydrogen-bond donors (Lipinski definition) is 2. The Hall–Kier alpha value is -2.18. The van der Waals surface area contributed by atoms with Crippen molar-refractivity contribution in [2.45, 2.75) is 52.5 Å². The molecule has 1 saturated carbocycles. The highest BCUT2D eigenvalue weighted by Crippen LogP contribution is 2.40. The summed E-state index contributed by atoms with van der Waals surface area (Å²) in [5.41, 5.74) is -0.242. The second-order valence-electron chi connectivity index (χ2n) is 7.54. The van der Waals surface area contributed by atoms with Gasteiger partial charge in [-0.15, -0.1) is 0 Å². The minimum atomic E-state index is -1.23. The molecule has 24 heavy (non-hydrogen) atoms. The standard InChI is InChI=1S/C17H23FN2O4/c1-10-4-12(9-17(2,3)8-10)19-14-7-13(18)11(6-16(21)22)5-15(14)20(23)24/h5,7,10,12,19H,4,6,8-9H2,1-3H3,(H,21,22)/t10-,12+/m0/s1. The Morgan fingerprint density at radius 1 is 1.46 bits per heavy atom. The monoisotopic (exact) mass is 338 g/mol. The normalized spacial score (nSPS) is 22.8. The minimum Gasteiger partial charge on any atom is -0.481 e. The molecule has 1 aliphatic carbocycles. The maximum Gasteiger partial charge on any atom is 0.307 e. The lowest BCUT2D eigenvalue weighted by atomic mass is 9.70. The number of rotatable bonds is 5. The van der Waals surface area contributed by atoms with Gasteiger partial charge in [0.25, 0.3) is 5.69 Å². The molecule has 2 rings (SSSR count). The molecular weight excluding hydrogens is 315 g/mol. The molecule has 0 bridgehead atoms. The number of nitro groups is 1. The lowest BCUT2D eigenvalue weighted by Crippen LogP contribution is -2.35. The van der Waals surface area contributed by atoms with Gasteiger partial charge in [-0.05, 0) is 30.6 Å². The van der Waals surface area contributed by atoms with E-state index in [1.807, 2.05) is 0 Å². The topological polar surface area (TPSA) is 92.5 Å². The summed E-state index contributed by atoms with van der Waals surface area (Å²) in [5, 5.41) is 23.2. The van der Waals surface area contributed by atoms with Gasteiger partial charge in [-0.1, -0.05) is 20.8 Å². The highest BCUT2D eigenvalue weighted by molar-refractivity contribution is 5.72. The first kappa shape index (κ1) is 18.2. The molecule has 0 amide bonds. The fourth-order valence-electron chi connectivity index (χ4n) is 3.85. The van der Waals surface area contributed by atoms with Gasteiger partial charge >= 0.3 is 5.97 Å². The maximum absolute atomic E-state index is 14.1. The van der Waals surface area contributed by atoms with E-state index in [4.69, 9.17) is 5.11 Å². The van der Waals surface area contributed by atoms with Crippen LogP contribution in [0.3, 0.4) is 0 Å². The van der Waals surface area contributed by atoms with Crippen molar-refractivity contribution in [2.24, 2.45) is 11.3 Å². The first-order chi connectivity index (χ1) is 11.1. The average Bonchev–Trinajstić information content (AvgIpc) is 2.38. The summed E-state index contributed by atoms with van der Waals surface area (Å²) in [5.74, 6) is -1.50. The summed E-state index contributed by atoms with van der Waals surface area (Å²) in [4.78, 5) is 21.5. The van der Waals surface area contributed by atoms with Gasteiger partial charge in [0.2, 0.25) is 0 Å². The molecule has 1 aliphatic rings. The number of carboxylic acid groups (broad SMARTS) is 1. The van der Waals surface area contributed by atoms with Crippen molar-refractivity contribution in [3.8, 4) is 0 Å². The summed E-state index contributed by atoms with van der Waals surface area (Å²) in [6.45, 7) is 6.45. The zero-order valence-electron chi connectivity index (χ0n) is 14.1. The van der Waals surface area contributed by atoms with Crippen molar-refractivity contribution >= 4 is 17.3 Å². The molecule has 0 saturated heterocycles. The van der Waals surface area contributed by atoms with Crippen LogP contribution in [0, 0.1) is 27.3 Å². The van der Waals surface area contributed by atoms with E-state index in [9.17, 15) is 19.3 Å². The van der Waals surface area contributed by atoms with Crippen molar-refractivity contribution in [2.75, 3.05) is 5.32 Å². The predicted octanol–water partition coefficient (Wildman–Crippen LogP) is 3.99. The number of nitrogens with zero attached hydrogens (tertiary/aromatic N) is 1. The maximum atomic E-state index is 14.1. The van der Waals surface area contributed by atoms with Crippen LogP contribution in [0.25, 0.3) is 0 Å². The molecule has 0 aliphatic heterocycles. The Bertz CT molecular complexity index is 660. The van der Waals surface area contributed by atoms with Crippen molar-refractivity contribution in [3.05, 3.63) is 33.6 Å². The van der Waals surface area contributed by atoms with E-state index in [1.54, 1.807) is 0 Å². The van der Waals surface area contributed by atoms with Gasteiger partial charge in [0.1, 0.15) is 11.5 Å². The Morgan fingerprint density at radius 2 is 2.12 bits per heavy atom. The number of hydrogen-bond acceptors (Lipinski definition) is 4. The summed E-state index contributed by atoms with van der Waals surface area (Å²) in [6.07, 6.45) is 2.20.